The molecule has 0 saturated heterocycles. The fraction of sp³-hybridized carbons (Fsp3) is 0. The lowest BCUT2D eigenvalue weighted by molar-refractivity contribution is 1.35. The largest absolute Gasteiger partial charge is 0.399 e. The Kier molecular flexibility index (Phi) is 2.83. The Labute approximate surface area is 97.7 Å². The van der Waals surface area contributed by atoms with Crippen LogP contribution in [0.3, 0.4) is 0 Å². The van der Waals surface area contributed by atoms with Crippen LogP contribution in [0.15, 0.2) is 49.5 Å². The molecule has 3 nitrogen and oxygen atoms in total. The third-order valence-corrected chi connectivity index (χ3v) is 3.12. The highest BCUT2D eigenvalue weighted by Crippen LogP contribution is 2.26. The van der Waals surface area contributed by atoms with Gasteiger partial charge < -0.3 is 5.73 Å². The lowest BCUT2D eigenvalue weighted by Crippen LogP contribution is -1.92. The third kappa shape index (κ3) is 2.01. The molecule has 0 atom stereocenters. The number of rotatable bonds is 3. The standard InChI is InChI=1S/C12H11N3S/c1-3-9(13)6-8(2)12-15-10-4-5-14-7-11(10)16-12/h3-7H,1-2,13H2/b9-6+. The molecule has 0 bridgehead atoms. The number of allylic oxidation sites excluding steroid dienone is 3. The van der Waals surface area contributed by atoms with Crippen LogP contribution in [0.2, 0.25) is 0 Å². The van der Waals surface area contributed by atoms with E-state index in [-0.39, 0.29) is 0 Å². The van der Waals surface area contributed by atoms with E-state index in [0.717, 1.165) is 20.8 Å². The zero-order valence-corrected chi connectivity index (χ0v) is 9.50. The van der Waals surface area contributed by atoms with E-state index in [0.29, 0.717) is 5.70 Å². The van der Waals surface area contributed by atoms with Crippen molar-refractivity contribution in [2.75, 3.05) is 0 Å². The second-order valence-electron chi connectivity index (χ2n) is 3.24. The molecule has 2 aromatic heterocycles. The lowest BCUT2D eigenvalue weighted by atomic mass is 10.2. The van der Waals surface area contributed by atoms with Crippen LogP contribution < -0.4 is 5.73 Å². The van der Waals surface area contributed by atoms with Crippen molar-refractivity contribution in [3.63, 3.8) is 0 Å². The average molecular weight is 229 g/mol. The molecule has 0 aliphatic rings. The summed E-state index contributed by atoms with van der Waals surface area (Å²) >= 11 is 1.55. The van der Waals surface area contributed by atoms with Gasteiger partial charge in [0.1, 0.15) is 5.01 Å². The second kappa shape index (κ2) is 4.28. The molecule has 0 aromatic carbocycles. The van der Waals surface area contributed by atoms with Crippen molar-refractivity contribution in [2.45, 2.75) is 0 Å². The Hall–Kier alpha value is -1.94. The summed E-state index contributed by atoms with van der Waals surface area (Å²) in [7, 11) is 0. The molecule has 2 N–H and O–H groups in total. The zero-order chi connectivity index (χ0) is 11.5. The van der Waals surface area contributed by atoms with Gasteiger partial charge in [-0.2, -0.15) is 0 Å². The van der Waals surface area contributed by atoms with E-state index in [1.54, 1.807) is 35.9 Å². The van der Waals surface area contributed by atoms with Crippen LogP contribution in [0.5, 0.6) is 0 Å². The molecule has 2 rings (SSSR count). The van der Waals surface area contributed by atoms with E-state index in [9.17, 15) is 0 Å². The molecule has 0 aliphatic heterocycles. The van der Waals surface area contributed by atoms with Gasteiger partial charge in [0, 0.05) is 23.7 Å². The molecule has 4 heteroatoms. The topological polar surface area (TPSA) is 51.8 Å². The number of nitrogens with zero attached hydrogens (tertiary/aromatic N) is 2. The van der Waals surface area contributed by atoms with E-state index in [2.05, 4.69) is 23.1 Å². The van der Waals surface area contributed by atoms with Gasteiger partial charge in [0.05, 0.1) is 10.2 Å². The average Bonchev–Trinajstić information content (AvgIpc) is 2.72. The highest BCUT2D eigenvalue weighted by atomic mass is 32.1. The summed E-state index contributed by atoms with van der Waals surface area (Å²) in [6.45, 7) is 7.52. The van der Waals surface area contributed by atoms with Crippen LogP contribution in [0.25, 0.3) is 15.8 Å². The van der Waals surface area contributed by atoms with Crippen molar-refractivity contribution < 1.29 is 0 Å². The summed E-state index contributed by atoms with van der Waals surface area (Å²) in [6.07, 6.45) is 6.87. The smallest absolute Gasteiger partial charge is 0.124 e. The number of pyridine rings is 1. The fourth-order valence-corrected chi connectivity index (χ4v) is 2.11. The summed E-state index contributed by atoms with van der Waals surface area (Å²) < 4.78 is 1.05. The van der Waals surface area contributed by atoms with Gasteiger partial charge in [-0.1, -0.05) is 13.2 Å². The number of fused-ring (bicyclic) bond motifs is 1. The number of hydrogen-bond donors (Lipinski definition) is 1. The maximum atomic E-state index is 5.65. The first kappa shape index (κ1) is 10.6. The molecule has 0 saturated carbocycles. The van der Waals surface area contributed by atoms with Crippen molar-refractivity contribution in [2.24, 2.45) is 5.73 Å². The number of nitrogens with two attached hydrogens (primary N) is 1. The minimum Gasteiger partial charge on any atom is -0.399 e. The SMILES string of the molecule is C=C/C(N)=C\C(=C)c1nc2ccncc2s1. The van der Waals surface area contributed by atoms with Crippen molar-refractivity contribution >= 4 is 27.1 Å². The highest BCUT2D eigenvalue weighted by Gasteiger charge is 2.05. The van der Waals surface area contributed by atoms with Crippen LogP contribution in [0, 0.1) is 0 Å². The third-order valence-electron chi connectivity index (χ3n) is 2.04. The summed E-state index contributed by atoms with van der Waals surface area (Å²) in [5, 5.41) is 0.854. The maximum absolute atomic E-state index is 5.65. The Balaban J connectivity index is 2.41. The molecule has 0 unspecified atom stereocenters. The quantitative estimate of drug-likeness (QED) is 0.823. The molecule has 0 aliphatic carbocycles. The van der Waals surface area contributed by atoms with E-state index in [1.165, 1.54) is 0 Å². The van der Waals surface area contributed by atoms with E-state index in [4.69, 9.17) is 5.73 Å². The predicted octanol–water partition coefficient (Wildman–Crippen LogP) is 2.73. The second-order valence-corrected chi connectivity index (χ2v) is 4.27. The van der Waals surface area contributed by atoms with Crippen LogP contribution in [0.4, 0.5) is 0 Å². The number of thiazole rings is 1. The van der Waals surface area contributed by atoms with E-state index < -0.39 is 0 Å². The zero-order valence-electron chi connectivity index (χ0n) is 8.68. The van der Waals surface area contributed by atoms with Crippen LogP contribution in [0.1, 0.15) is 5.01 Å². The van der Waals surface area contributed by atoms with Gasteiger partial charge in [0.15, 0.2) is 0 Å². The van der Waals surface area contributed by atoms with Gasteiger partial charge in [-0.15, -0.1) is 11.3 Å². The van der Waals surface area contributed by atoms with Crippen LogP contribution in [-0.4, -0.2) is 9.97 Å². The predicted molar refractivity (Wildman–Crippen MR) is 68.9 cm³/mol. The van der Waals surface area contributed by atoms with Crippen molar-refractivity contribution in [1.82, 2.24) is 9.97 Å². The van der Waals surface area contributed by atoms with E-state index in [1.807, 2.05) is 6.07 Å². The molecule has 2 aromatic rings. The normalized spacial score (nSPS) is 11.6. The minimum absolute atomic E-state index is 0.586. The molecule has 0 radical (unpaired) electrons. The van der Waals surface area contributed by atoms with Gasteiger partial charge in [-0.05, 0) is 18.2 Å². The monoisotopic (exact) mass is 229 g/mol. The highest BCUT2D eigenvalue weighted by molar-refractivity contribution is 7.19. The van der Waals surface area contributed by atoms with Crippen LogP contribution >= 0.6 is 11.3 Å². The minimum atomic E-state index is 0.586. The molecule has 0 amide bonds. The van der Waals surface area contributed by atoms with Crippen LogP contribution in [-0.2, 0) is 0 Å². The van der Waals surface area contributed by atoms with Gasteiger partial charge in [0.2, 0.25) is 0 Å². The summed E-state index contributed by atoms with van der Waals surface area (Å²) in [4.78, 5) is 8.49. The summed E-state index contributed by atoms with van der Waals surface area (Å²) in [5.74, 6) is 0. The van der Waals surface area contributed by atoms with Gasteiger partial charge in [-0.3, -0.25) is 4.98 Å². The van der Waals surface area contributed by atoms with Crippen molar-refractivity contribution in [1.29, 1.82) is 0 Å². The number of aromatic nitrogens is 2. The molecule has 0 fully saturated rings. The Bertz CT molecular complexity index is 548. The van der Waals surface area contributed by atoms with E-state index >= 15 is 0 Å². The summed E-state index contributed by atoms with van der Waals surface area (Å²) in [5.41, 5.74) is 7.96. The number of hydrogen-bond acceptors (Lipinski definition) is 4. The lowest BCUT2D eigenvalue weighted by Gasteiger charge is -1.94. The fourth-order valence-electron chi connectivity index (χ4n) is 1.24. The van der Waals surface area contributed by atoms with Gasteiger partial charge in [-0.25, -0.2) is 4.98 Å². The summed E-state index contributed by atoms with van der Waals surface area (Å²) in [6, 6.07) is 1.88. The Morgan fingerprint density at radius 3 is 3.00 bits per heavy atom. The molecule has 0 spiro atoms. The van der Waals surface area contributed by atoms with Gasteiger partial charge in [0.25, 0.3) is 0 Å². The maximum Gasteiger partial charge on any atom is 0.124 e. The molecule has 16 heavy (non-hydrogen) atoms. The molecular weight excluding hydrogens is 218 g/mol. The molecular formula is C12H11N3S. The Morgan fingerprint density at radius 2 is 2.31 bits per heavy atom. The molecule has 2 heterocycles. The van der Waals surface area contributed by atoms with Crippen molar-refractivity contribution in [3.05, 3.63) is 54.5 Å². The first-order valence-corrected chi connectivity index (χ1v) is 5.52. The first-order chi connectivity index (χ1) is 7.70. The Morgan fingerprint density at radius 1 is 1.50 bits per heavy atom. The first-order valence-electron chi connectivity index (χ1n) is 4.70. The molecule has 80 valence electrons. The van der Waals surface area contributed by atoms with Gasteiger partial charge >= 0.3 is 0 Å². The van der Waals surface area contributed by atoms with Crippen molar-refractivity contribution in [3.8, 4) is 0 Å².